The molecule has 0 bridgehead atoms. The average Bonchev–Trinajstić information content (AvgIpc) is 2.24. The Hall–Kier alpha value is -1.56. The van der Waals surface area contributed by atoms with E-state index >= 15 is 0 Å². The fraction of sp³-hybridized carbons (Fsp3) is 0.364. The lowest BCUT2D eigenvalue weighted by molar-refractivity contribution is -0.120. The third-order valence-electron chi connectivity index (χ3n) is 2.15. The minimum Gasteiger partial charge on any atom is -0.356 e. The largest absolute Gasteiger partial charge is 0.356 e. The van der Waals surface area contributed by atoms with Crippen LogP contribution in [0.4, 0.5) is 13.2 Å². The molecule has 0 saturated heterocycles. The van der Waals surface area contributed by atoms with Gasteiger partial charge in [-0.15, -0.1) is 0 Å². The van der Waals surface area contributed by atoms with E-state index in [1.54, 1.807) is 0 Å². The van der Waals surface area contributed by atoms with E-state index in [2.05, 4.69) is 5.32 Å². The summed E-state index contributed by atoms with van der Waals surface area (Å²) >= 11 is 0. The standard InChI is InChI=1S/C11H13F3N2O/c12-7-4-9(13)8(10(14)5-7)6-11(17)16-3-1-2-15/h4-5H,1-3,6,15H2,(H,16,17). The van der Waals surface area contributed by atoms with E-state index in [0.717, 1.165) is 0 Å². The zero-order valence-corrected chi connectivity index (χ0v) is 9.10. The lowest BCUT2D eigenvalue weighted by Gasteiger charge is -2.06. The van der Waals surface area contributed by atoms with Crippen molar-refractivity contribution in [3.05, 3.63) is 35.1 Å². The van der Waals surface area contributed by atoms with E-state index in [9.17, 15) is 18.0 Å². The second-order valence-electron chi connectivity index (χ2n) is 3.52. The van der Waals surface area contributed by atoms with Gasteiger partial charge in [-0.05, 0) is 13.0 Å². The summed E-state index contributed by atoms with van der Waals surface area (Å²) in [7, 11) is 0. The Morgan fingerprint density at radius 1 is 1.24 bits per heavy atom. The molecule has 1 aromatic rings. The molecule has 0 radical (unpaired) electrons. The summed E-state index contributed by atoms with van der Waals surface area (Å²) in [5.41, 5.74) is 4.79. The summed E-state index contributed by atoms with van der Waals surface area (Å²) in [6.07, 6.45) is 0.128. The van der Waals surface area contributed by atoms with Gasteiger partial charge in [-0.2, -0.15) is 0 Å². The zero-order valence-electron chi connectivity index (χ0n) is 9.10. The third-order valence-corrected chi connectivity index (χ3v) is 2.15. The number of nitrogens with two attached hydrogens (primary N) is 1. The minimum atomic E-state index is -1.06. The number of carbonyl (C=O) groups is 1. The molecule has 0 aliphatic rings. The number of nitrogens with one attached hydrogen (secondary N) is 1. The summed E-state index contributed by atoms with van der Waals surface area (Å²) in [5, 5.41) is 2.46. The Bertz CT molecular complexity index is 387. The first-order valence-corrected chi connectivity index (χ1v) is 5.14. The van der Waals surface area contributed by atoms with Gasteiger partial charge in [0.15, 0.2) is 0 Å². The van der Waals surface area contributed by atoms with Crippen LogP contribution in [0.5, 0.6) is 0 Å². The molecule has 0 saturated carbocycles. The van der Waals surface area contributed by atoms with Crippen molar-refractivity contribution in [3.8, 4) is 0 Å². The van der Waals surface area contributed by atoms with Gasteiger partial charge in [-0.3, -0.25) is 4.79 Å². The minimum absolute atomic E-state index is 0.347. The van der Waals surface area contributed by atoms with Crippen LogP contribution in [0.3, 0.4) is 0 Å². The number of rotatable bonds is 5. The van der Waals surface area contributed by atoms with E-state index < -0.39 is 35.3 Å². The van der Waals surface area contributed by atoms with Crippen LogP contribution in [-0.2, 0) is 11.2 Å². The topological polar surface area (TPSA) is 55.1 Å². The monoisotopic (exact) mass is 246 g/mol. The number of hydrogen-bond donors (Lipinski definition) is 2. The quantitative estimate of drug-likeness (QED) is 0.765. The molecule has 1 amide bonds. The highest BCUT2D eigenvalue weighted by molar-refractivity contribution is 5.78. The van der Waals surface area contributed by atoms with E-state index in [0.29, 0.717) is 31.6 Å². The normalized spacial score (nSPS) is 10.4. The molecule has 3 nitrogen and oxygen atoms in total. The summed E-state index contributed by atoms with van der Waals surface area (Å²) < 4.78 is 39.0. The first-order valence-electron chi connectivity index (χ1n) is 5.14. The molecule has 0 spiro atoms. The summed E-state index contributed by atoms with van der Waals surface area (Å²) in [5.74, 6) is -3.65. The van der Waals surface area contributed by atoms with Crippen molar-refractivity contribution in [2.45, 2.75) is 12.8 Å². The van der Waals surface area contributed by atoms with Gasteiger partial charge in [0.25, 0.3) is 0 Å². The van der Waals surface area contributed by atoms with Gasteiger partial charge in [-0.1, -0.05) is 0 Å². The molecule has 1 rings (SSSR count). The molecular weight excluding hydrogens is 233 g/mol. The molecule has 17 heavy (non-hydrogen) atoms. The second-order valence-corrected chi connectivity index (χ2v) is 3.52. The van der Waals surface area contributed by atoms with Crippen molar-refractivity contribution in [1.29, 1.82) is 0 Å². The molecule has 0 atom stereocenters. The Labute approximate surface area is 96.8 Å². The molecule has 0 fully saturated rings. The lowest BCUT2D eigenvalue weighted by Crippen LogP contribution is -2.28. The van der Waals surface area contributed by atoms with Crippen LogP contribution in [0.1, 0.15) is 12.0 Å². The van der Waals surface area contributed by atoms with Crippen molar-refractivity contribution in [2.75, 3.05) is 13.1 Å². The smallest absolute Gasteiger partial charge is 0.224 e. The SMILES string of the molecule is NCCCNC(=O)Cc1c(F)cc(F)cc1F. The van der Waals surface area contributed by atoms with Crippen LogP contribution in [0.15, 0.2) is 12.1 Å². The summed E-state index contributed by atoms with van der Waals surface area (Å²) in [4.78, 5) is 11.3. The Morgan fingerprint density at radius 2 is 1.82 bits per heavy atom. The van der Waals surface area contributed by atoms with Gasteiger partial charge in [0.1, 0.15) is 17.5 Å². The predicted octanol–water partition coefficient (Wildman–Crippen LogP) is 1.11. The van der Waals surface area contributed by atoms with Gasteiger partial charge in [-0.25, -0.2) is 13.2 Å². The first-order chi connectivity index (χ1) is 8.04. The molecule has 1 aromatic carbocycles. The molecule has 6 heteroatoms. The Balaban J connectivity index is 2.65. The molecule has 0 aliphatic carbocycles. The highest BCUT2D eigenvalue weighted by Crippen LogP contribution is 2.15. The number of carbonyl (C=O) groups excluding carboxylic acids is 1. The van der Waals surface area contributed by atoms with E-state index in [1.165, 1.54) is 0 Å². The maximum Gasteiger partial charge on any atom is 0.224 e. The predicted molar refractivity (Wildman–Crippen MR) is 56.7 cm³/mol. The summed E-state index contributed by atoms with van der Waals surface area (Å²) in [6, 6.07) is 1.09. The first kappa shape index (κ1) is 13.5. The van der Waals surface area contributed by atoms with Crippen molar-refractivity contribution >= 4 is 5.91 Å². The van der Waals surface area contributed by atoms with Crippen LogP contribution < -0.4 is 11.1 Å². The highest BCUT2D eigenvalue weighted by atomic mass is 19.1. The van der Waals surface area contributed by atoms with E-state index in [4.69, 9.17) is 5.73 Å². The maximum absolute atomic E-state index is 13.2. The maximum atomic E-state index is 13.2. The van der Waals surface area contributed by atoms with Crippen LogP contribution >= 0.6 is 0 Å². The van der Waals surface area contributed by atoms with Crippen LogP contribution in [0.2, 0.25) is 0 Å². The molecule has 3 N–H and O–H groups in total. The Morgan fingerprint density at radius 3 is 2.35 bits per heavy atom. The van der Waals surface area contributed by atoms with Gasteiger partial charge in [0, 0.05) is 24.2 Å². The second kappa shape index (κ2) is 6.24. The molecule has 0 aromatic heterocycles. The molecule has 94 valence electrons. The van der Waals surface area contributed by atoms with Crippen molar-refractivity contribution in [1.82, 2.24) is 5.32 Å². The van der Waals surface area contributed by atoms with Crippen molar-refractivity contribution in [3.63, 3.8) is 0 Å². The van der Waals surface area contributed by atoms with E-state index in [1.807, 2.05) is 0 Å². The van der Waals surface area contributed by atoms with Gasteiger partial charge < -0.3 is 11.1 Å². The highest BCUT2D eigenvalue weighted by Gasteiger charge is 2.14. The van der Waals surface area contributed by atoms with Gasteiger partial charge in [0.05, 0.1) is 6.42 Å². The van der Waals surface area contributed by atoms with Crippen molar-refractivity contribution in [2.24, 2.45) is 5.73 Å². The summed E-state index contributed by atoms with van der Waals surface area (Å²) in [6.45, 7) is 0.763. The Kier molecular flexibility index (Phi) is 4.96. The van der Waals surface area contributed by atoms with Gasteiger partial charge >= 0.3 is 0 Å². The number of halogens is 3. The molecular formula is C11H13F3N2O. The van der Waals surface area contributed by atoms with Crippen LogP contribution in [0, 0.1) is 17.5 Å². The number of amides is 1. The molecule has 0 heterocycles. The van der Waals surface area contributed by atoms with Crippen molar-refractivity contribution < 1.29 is 18.0 Å². The van der Waals surface area contributed by atoms with Crippen LogP contribution in [-0.4, -0.2) is 19.0 Å². The fourth-order valence-corrected chi connectivity index (χ4v) is 1.29. The third kappa shape index (κ3) is 4.07. The average molecular weight is 246 g/mol. The fourth-order valence-electron chi connectivity index (χ4n) is 1.29. The van der Waals surface area contributed by atoms with E-state index in [-0.39, 0.29) is 0 Å². The number of hydrogen-bond acceptors (Lipinski definition) is 2. The van der Waals surface area contributed by atoms with Crippen LogP contribution in [0.25, 0.3) is 0 Å². The molecule has 0 aliphatic heterocycles. The molecule has 0 unspecified atom stereocenters. The van der Waals surface area contributed by atoms with Gasteiger partial charge in [0.2, 0.25) is 5.91 Å². The number of benzene rings is 1. The zero-order chi connectivity index (χ0) is 12.8. The lowest BCUT2D eigenvalue weighted by atomic mass is 10.1.